The number of ether oxygens (including phenoxy) is 1. The SMILES string of the molecule is CCCC(C)(OCC)C(=O)CC. The van der Waals surface area contributed by atoms with Gasteiger partial charge in [0.2, 0.25) is 0 Å². The van der Waals surface area contributed by atoms with Crippen molar-refractivity contribution in [3.63, 3.8) is 0 Å². The maximum atomic E-state index is 11.5. The number of carbonyl (C=O) groups excluding carboxylic acids is 1. The molecule has 72 valence electrons. The predicted molar refractivity (Wildman–Crippen MR) is 50.2 cm³/mol. The smallest absolute Gasteiger partial charge is 0.164 e. The number of hydrogen-bond donors (Lipinski definition) is 0. The Hall–Kier alpha value is -0.370. The zero-order chi connectivity index (χ0) is 9.61. The quantitative estimate of drug-likeness (QED) is 0.615. The summed E-state index contributed by atoms with van der Waals surface area (Å²) >= 11 is 0. The van der Waals surface area contributed by atoms with Crippen LogP contribution in [0.2, 0.25) is 0 Å². The fourth-order valence-corrected chi connectivity index (χ4v) is 1.46. The number of hydrogen-bond acceptors (Lipinski definition) is 2. The minimum absolute atomic E-state index is 0.214. The van der Waals surface area contributed by atoms with Gasteiger partial charge in [0.15, 0.2) is 5.78 Å². The molecule has 0 spiro atoms. The summed E-state index contributed by atoms with van der Waals surface area (Å²) in [5.74, 6) is 0.214. The Morgan fingerprint density at radius 1 is 1.33 bits per heavy atom. The van der Waals surface area contributed by atoms with E-state index in [1.54, 1.807) is 0 Å². The molecule has 0 saturated heterocycles. The highest BCUT2D eigenvalue weighted by atomic mass is 16.5. The molecule has 2 nitrogen and oxygen atoms in total. The molecule has 0 amide bonds. The van der Waals surface area contributed by atoms with Crippen LogP contribution in [0.1, 0.15) is 47.0 Å². The molecule has 0 N–H and O–H groups in total. The summed E-state index contributed by atoms with van der Waals surface area (Å²) < 4.78 is 5.47. The Morgan fingerprint density at radius 2 is 1.92 bits per heavy atom. The Kier molecular flexibility index (Phi) is 5.14. The molecule has 0 bridgehead atoms. The van der Waals surface area contributed by atoms with Crippen molar-refractivity contribution in [2.75, 3.05) is 6.61 Å². The molecule has 0 aliphatic rings. The molecule has 0 saturated carbocycles. The Morgan fingerprint density at radius 3 is 2.25 bits per heavy atom. The minimum Gasteiger partial charge on any atom is -0.368 e. The van der Waals surface area contributed by atoms with E-state index in [1.807, 2.05) is 20.8 Å². The zero-order valence-corrected chi connectivity index (χ0v) is 8.64. The Labute approximate surface area is 75.3 Å². The average molecular weight is 172 g/mol. The first-order chi connectivity index (χ1) is 5.60. The van der Waals surface area contributed by atoms with E-state index in [2.05, 4.69) is 6.92 Å². The van der Waals surface area contributed by atoms with Gasteiger partial charge in [-0.05, 0) is 20.3 Å². The normalized spacial score (nSPS) is 15.7. The van der Waals surface area contributed by atoms with Gasteiger partial charge in [-0.1, -0.05) is 20.3 Å². The van der Waals surface area contributed by atoms with E-state index in [-0.39, 0.29) is 5.78 Å². The molecule has 0 aliphatic heterocycles. The fourth-order valence-electron chi connectivity index (χ4n) is 1.46. The predicted octanol–water partition coefficient (Wildman–Crippen LogP) is 2.56. The van der Waals surface area contributed by atoms with Crippen LogP contribution in [0.15, 0.2) is 0 Å². The molecular weight excluding hydrogens is 152 g/mol. The summed E-state index contributed by atoms with van der Waals surface area (Å²) in [6.45, 7) is 8.39. The maximum absolute atomic E-state index is 11.5. The Balaban J connectivity index is 4.26. The van der Waals surface area contributed by atoms with Crippen LogP contribution in [0.4, 0.5) is 0 Å². The maximum Gasteiger partial charge on any atom is 0.164 e. The highest BCUT2D eigenvalue weighted by molar-refractivity contribution is 5.86. The largest absolute Gasteiger partial charge is 0.368 e. The van der Waals surface area contributed by atoms with Gasteiger partial charge < -0.3 is 4.74 Å². The van der Waals surface area contributed by atoms with Crippen molar-refractivity contribution in [1.82, 2.24) is 0 Å². The number of rotatable bonds is 6. The van der Waals surface area contributed by atoms with Gasteiger partial charge in [-0.2, -0.15) is 0 Å². The van der Waals surface area contributed by atoms with Crippen molar-refractivity contribution in [2.45, 2.75) is 52.6 Å². The second-order valence-electron chi connectivity index (χ2n) is 3.19. The van der Waals surface area contributed by atoms with Crippen molar-refractivity contribution in [3.8, 4) is 0 Å². The second kappa shape index (κ2) is 5.31. The van der Waals surface area contributed by atoms with Crippen molar-refractivity contribution < 1.29 is 9.53 Å². The van der Waals surface area contributed by atoms with E-state index in [1.165, 1.54) is 0 Å². The van der Waals surface area contributed by atoms with Gasteiger partial charge in [0, 0.05) is 13.0 Å². The minimum atomic E-state index is -0.530. The van der Waals surface area contributed by atoms with Crippen LogP contribution in [0.3, 0.4) is 0 Å². The van der Waals surface area contributed by atoms with E-state index < -0.39 is 5.60 Å². The van der Waals surface area contributed by atoms with Crippen LogP contribution in [-0.4, -0.2) is 18.0 Å². The third-order valence-corrected chi connectivity index (χ3v) is 2.10. The molecule has 0 radical (unpaired) electrons. The molecule has 0 aliphatic carbocycles. The molecule has 0 aromatic heterocycles. The summed E-state index contributed by atoms with van der Waals surface area (Å²) in [6.07, 6.45) is 2.38. The molecule has 1 atom stereocenters. The number of Topliss-reactive ketones (excluding diaryl/α,β-unsaturated/α-hetero) is 1. The average Bonchev–Trinajstić information content (AvgIpc) is 2.04. The number of ketones is 1. The summed E-state index contributed by atoms with van der Waals surface area (Å²) in [4.78, 5) is 11.5. The van der Waals surface area contributed by atoms with Crippen LogP contribution in [0.25, 0.3) is 0 Å². The van der Waals surface area contributed by atoms with Gasteiger partial charge in [0.05, 0.1) is 0 Å². The van der Waals surface area contributed by atoms with Crippen LogP contribution in [-0.2, 0) is 9.53 Å². The third kappa shape index (κ3) is 2.94. The fraction of sp³-hybridized carbons (Fsp3) is 0.900. The first-order valence-corrected chi connectivity index (χ1v) is 4.78. The monoisotopic (exact) mass is 172 g/mol. The van der Waals surface area contributed by atoms with E-state index >= 15 is 0 Å². The summed E-state index contributed by atoms with van der Waals surface area (Å²) in [5, 5.41) is 0. The molecule has 0 heterocycles. The van der Waals surface area contributed by atoms with Gasteiger partial charge >= 0.3 is 0 Å². The lowest BCUT2D eigenvalue weighted by molar-refractivity contribution is -0.142. The molecule has 2 heteroatoms. The second-order valence-corrected chi connectivity index (χ2v) is 3.19. The lowest BCUT2D eigenvalue weighted by Crippen LogP contribution is -2.37. The van der Waals surface area contributed by atoms with Crippen molar-refractivity contribution in [2.24, 2.45) is 0 Å². The molecular formula is C10H20O2. The third-order valence-electron chi connectivity index (χ3n) is 2.10. The summed E-state index contributed by atoms with van der Waals surface area (Å²) in [6, 6.07) is 0. The lowest BCUT2D eigenvalue weighted by atomic mass is 9.93. The molecule has 0 aromatic rings. The molecule has 1 unspecified atom stereocenters. The van der Waals surface area contributed by atoms with Crippen LogP contribution < -0.4 is 0 Å². The van der Waals surface area contributed by atoms with Gasteiger partial charge in [-0.15, -0.1) is 0 Å². The summed E-state index contributed by atoms with van der Waals surface area (Å²) in [7, 11) is 0. The van der Waals surface area contributed by atoms with Crippen molar-refractivity contribution in [3.05, 3.63) is 0 Å². The first kappa shape index (κ1) is 11.6. The van der Waals surface area contributed by atoms with Gasteiger partial charge in [-0.3, -0.25) is 4.79 Å². The van der Waals surface area contributed by atoms with E-state index in [9.17, 15) is 4.79 Å². The van der Waals surface area contributed by atoms with Crippen molar-refractivity contribution >= 4 is 5.78 Å². The molecule has 0 rings (SSSR count). The van der Waals surface area contributed by atoms with E-state index in [0.717, 1.165) is 12.8 Å². The zero-order valence-electron chi connectivity index (χ0n) is 8.64. The molecule has 0 aromatic carbocycles. The van der Waals surface area contributed by atoms with E-state index in [4.69, 9.17) is 4.74 Å². The highest BCUT2D eigenvalue weighted by Gasteiger charge is 2.30. The standard InChI is InChI=1S/C10H20O2/c1-5-8-10(4,12-7-3)9(11)6-2/h5-8H2,1-4H3. The highest BCUT2D eigenvalue weighted by Crippen LogP contribution is 2.20. The van der Waals surface area contributed by atoms with Gasteiger partial charge in [0.1, 0.15) is 5.60 Å². The first-order valence-electron chi connectivity index (χ1n) is 4.78. The van der Waals surface area contributed by atoms with Gasteiger partial charge in [-0.25, -0.2) is 0 Å². The van der Waals surface area contributed by atoms with Crippen LogP contribution >= 0.6 is 0 Å². The molecule has 0 fully saturated rings. The topological polar surface area (TPSA) is 26.3 Å². The van der Waals surface area contributed by atoms with Crippen LogP contribution in [0.5, 0.6) is 0 Å². The van der Waals surface area contributed by atoms with Crippen LogP contribution in [0, 0.1) is 0 Å². The van der Waals surface area contributed by atoms with Crippen molar-refractivity contribution in [1.29, 1.82) is 0 Å². The van der Waals surface area contributed by atoms with E-state index in [0.29, 0.717) is 13.0 Å². The Bertz CT molecular complexity index is 135. The lowest BCUT2D eigenvalue weighted by Gasteiger charge is -2.27. The number of carbonyl (C=O) groups is 1. The molecule has 12 heavy (non-hydrogen) atoms. The van der Waals surface area contributed by atoms with Gasteiger partial charge in [0.25, 0.3) is 0 Å². The summed E-state index contributed by atoms with van der Waals surface area (Å²) in [5.41, 5.74) is -0.530.